The fraction of sp³-hybridized carbons (Fsp3) is 0. The van der Waals surface area contributed by atoms with Gasteiger partial charge in [-0.3, -0.25) is 0 Å². The van der Waals surface area contributed by atoms with Crippen LogP contribution < -0.4 is 29.6 Å². The molecule has 0 atom stereocenters. The summed E-state index contributed by atoms with van der Waals surface area (Å²) in [5.41, 5.74) is 1.52. The zero-order valence-corrected chi connectivity index (χ0v) is 15.9. The van der Waals surface area contributed by atoms with Gasteiger partial charge in [-0.25, -0.2) is 8.42 Å². The first-order valence-electron chi connectivity index (χ1n) is 4.89. The maximum atomic E-state index is 11.1. The zero-order valence-electron chi connectivity index (χ0n) is 9.93. The van der Waals surface area contributed by atoms with Crippen LogP contribution in [0.15, 0.2) is 56.3 Å². The maximum absolute atomic E-state index is 11.1. The van der Waals surface area contributed by atoms with Crippen LogP contribution in [0.4, 0.5) is 0 Å². The molecular weight excluding hydrogens is 407 g/mol. The second-order valence-electron chi connectivity index (χ2n) is 3.61. The summed E-state index contributed by atoms with van der Waals surface area (Å²) in [5.74, 6) is 0. The van der Waals surface area contributed by atoms with E-state index >= 15 is 0 Å². The average Bonchev–Trinajstić information content (AvgIpc) is 2.29. The molecule has 0 saturated heterocycles. The van der Waals surface area contributed by atoms with Gasteiger partial charge in [0.1, 0.15) is 10.1 Å². The van der Waals surface area contributed by atoms with E-state index in [-0.39, 0.29) is 38.9 Å². The molecule has 0 aliphatic rings. The Balaban J connectivity index is 0.00000180. The summed E-state index contributed by atoms with van der Waals surface area (Å²) >= 11 is 6.39. The Morgan fingerprint density at radius 2 is 1.42 bits per heavy atom. The number of rotatable bonds is 2. The minimum atomic E-state index is -4.48. The number of hydrogen-bond acceptors (Lipinski definition) is 3. The summed E-state index contributed by atoms with van der Waals surface area (Å²) in [4.78, 5) is -0.247. The summed E-state index contributed by atoms with van der Waals surface area (Å²) in [7, 11) is -4.48. The van der Waals surface area contributed by atoms with Gasteiger partial charge in [-0.1, -0.05) is 34.1 Å². The van der Waals surface area contributed by atoms with Gasteiger partial charge in [0, 0.05) is 8.95 Å². The standard InChI is InChI=1S/C12H8Br2O3S.Na/c13-10-4-1-8(2-5-10)9-3-6-11(14)12(7-9)18(15,16)17;/h1-7H,(H,15,16,17);/q;+1/p-1. The molecule has 0 amide bonds. The van der Waals surface area contributed by atoms with Crippen LogP contribution in [0.3, 0.4) is 0 Å². The van der Waals surface area contributed by atoms with Crippen molar-refractivity contribution in [3.8, 4) is 11.1 Å². The molecule has 0 aromatic heterocycles. The van der Waals surface area contributed by atoms with Crippen LogP contribution in [0.25, 0.3) is 11.1 Å². The summed E-state index contributed by atoms with van der Waals surface area (Å²) in [5, 5.41) is 0. The van der Waals surface area contributed by atoms with Gasteiger partial charge in [0.15, 0.2) is 0 Å². The molecule has 94 valence electrons. The van der Waals surface area contributed by atoms with Crippen LogP contribution in [0.2, 0.25) is 0 Å². The van der Waals surface area contributed by atoms with Crippen molar-refractivity contribution in [1.82, 2.24) is 0 Å². The van der Waals surface area contributed by atoms with Crippen LogP contribution in [-0.2, 0) is 10.1 Å². The largest absolute Gasteiger partial charge is 1.00 e. The van der Waals surface area contributed by atoms with Crippen LogP contribution in [0, 0.1) is 0 Å². The summed E-state index contributed by atoms with van der Waals surface area (Å²) in [6.45, 7) is 0. The van der Waals surface area contributed by atoms with Gasteiger partial charge in [0.2, 0.25) is 0 Å². The van der Waals surface area contributed by atoms with Crippen LogP contribution in [0.1, 0.15) is 0 Å². The molecule has 0 radical (unpaired) electrons. The first-order chi connectivity index (χ1) is 8.38. The molecule has 19 heavy (non-hydrogen) atoms. The van der Waals surface area contributed by atoms with Crippen molar-refractivity contribution in [3.05, 3.63) is 51.4 Å². The molecule has 0 aliphatic heterocycles. The first-order valence-corrected chi connectivity index (χ1v) is 7.89. The minimum absolute atomic E-state index is 0. The van der Waals surface area contributed by atoms with Crippen molar-refractivity contribution in [3.63, 3.8) is 0 Å². The SMILES string of the molecule is O=S(=O)([O-])c1cc(-c2ccc(Br)cc2)ccc1Br.[Na+]. The molecule has 0 fully saturated rings. The second-order valence-corrected chi connectivity index (χ2v) is 6.72. The molecule has 0 unspecified atom stereocenters. The van der Waals surface area contributed by atoms with Crippen molar-refractivity contribution < 1.29 is 42.5 Å². The quantitative estimate of drug-likeness (QED) is 0.540. The Bertz CT molecular complexity index is 685. The predicted octanol–water partition coefficient (Wildman–Crippen LogP) is 0.787. The van der Waals surface area contributed by atoms with Gasteiger partial charge in [-0.15, -0.1) is 0 Å². The number of halogens is 2. The zero-order chi connectivity index (χ0) is 13.3. The van der Waals surface area contributed by atoms with Gasteiger partial charge in [-0.2, -0.15) is 0 Å². The summed E-state index contributed by atoms with van der Waals surface area (Å²) in [6, 6.07) is 12.1. The Morgan fingerprint density at radius 3 is 1.95 bits per heavy atom. The molecule has 2 aromatic carbocycles. The fourth-order valence-corrected chi connectivity index (χ4v) is 3.20. The van der Waals surface area contributed by atoms with Crippen LogP contribution in [0.5, 0.6) is 0 Å². The molecular formula is C12H7Br2NaO3S. The molecule has 2 rings (SSSR count). The molecule has 0 N–H and O–H groups in total. The first kappa shape index (κ1) is 17.4. The van der Waals surface area contributed by atoms with Gasteiger partial charge in [0.25, 0.3) is 0 Å². The Kier molecular flexibility index (Phi) is 6.26. The third-order valence-corrected chi connectivity index (χ3v) is 4.74. The molecule has 7 heteroatoms. The Morgan fingerprint density at radius 1 is 0.895 bits per heavy atom. The van der Waals surface area contributed by atoms with Gasteiger partial charge < -0.3 is 4.55 Å². The summed E-state index contributed by atoms with van der Waals surface area (Å²) in [6.07, 6.45) is 0. The molecule has 0 spiro atoms. The van der Waals surface area contributed by atoms with Gasteiger partial charge >= 0.3 is 29.6 Å². The second kappa shape index (κ2) is 6.85. The fourth-order valence-electron chi connectivity index (χ4n) is 1.52. The number of hydrogen-bond donors (Lipinski definition) is 0. The van der Waals surface area contributed by atoms with E-state index in [2.05, 4.69) is 31.9 Å². The van der Waals surface area contributed by atoms with Crippen molar-refractivity contribution >= 4 is 42.0 Å². The van der Waals surface area contributed by atoms with E-state index < -0.39 is 10.1 Å². The van der Waals surface area contributed by atoms with Gasteiger partial charge in [-0.05, 0) is 51.3 Å². The number of benzene rings is 2. The van der Waals surface area contributed by atoms with E-state index in [1.54, 1.807) is 12.1 Å². The smallest absolute Gasteiger partial charge is 0.744 e. The Hall–Kier alpha value is 0.310. The molecule has 0 heterocycles. The van der Waals surface area contributed by atoms with Gasteiger partial charge in [0.05, 0.1) is 4.90 Å². The third kappa shape index (κ3) is 4.39. The topological polar surface area (TPSA) is 57.2 Å². The van der Waals surface area contributed by atoms with E-state index in [4.69, 9.17) is 0 Å². The summed E-state index contributed by atoms with van der Waals surface area (Å²) < 4.78 is 34.5. The predicted molar refractivity (Wildman–Crippen MR) is 75.2 cm³/mol. The molecule has 3 nitrogen and oxygen atoms in total. The molecule has 0 aliphatic carbocycles. The van der Waals surface area contributed by atoms with Crippen molar-refractivity contribution in [1.29, 1.82) is 0 Å². The Labute approximate surface area is 150 Å². The average molecular weight is 414 g/mol. The molecule has 0 saturated carbocycles. The van der Waals surface area contributed by atoms with E-state index in [1.807, 2.05) is 24.3 Å². The van der Waals surface area contributed by atoms with Crippen molar-refractivity contribution in [2.24, 2.45) is 0 Å². The molecule has 2 aromatic rings. The van der Waals surface area contributed by atoms with Crippen LogP contribution >= 0.6 is 31.9 Å². The maximum Gasteiger partial charge on any atom is 1.00 e. The third-order valence-electron chi connectivity index (χ3n) is 2.38. The van der Waals surface area contributed by atoms with Crippen molar-refractivity contribution in [2.75, 3.05) is 0 Å². The van der Waals surface area contributed by atoms with Crippen LogP contribution in [-0.4, -0.2) is 13.0 Å². The van der Waals surface area contributed by atoms with E-state index in [1.165, 1.54) is 6.07 Å². The van der Waals surface area contributed by atoms with E-state index in [9.17, 15) is 13.0 Å². The normalized spacial score (nSPS) is 10.9. The van der Waals surface area contributed by atoms with Crippen molar-refractivity contribution in [2.45, 2.75) is 4.90 Å². The molecule has 0 bridgehead atoms. The van der Waals surface area contributed by atoms with E-state index in [0.29, 0.717) is 5.56 Å². The van der Waals surface area contributed by atoms with E-state index in [0.717, 1.165) is 10.0 Å². The monoisotopic (exact) mass is 412 g/mol. The minimum Gasteiger partial charge on any atom is -0.744 e.